The number of amides is 2. The minimum Gasteiger partial charge on any atom is -0.396 e. The van der Waals surface area contributed by atoms with E-state index in [9.17, 15) is 4.79 Å². The Balaban J connectivity index is 1.80. The summed E-state index contributed by atoms with van der Waals surface area (Å²) in [4.78, 5) is 14.4. The van der Waals surface area contributed by atoms with Crippen LogP contribution in [0, 0.1) is 0 Å². The number of carbonyl (C=O) groups excluding carboxylic acids is 1. The number of rotatable bonds is 6. The van der Waals surface area contributed by atoms with E-state index in [0.717, 1.165) is 38.6 Å². The van der Waals surface area contributed by atoms with Crippen molar-refractivity contribution in [1.29, 1.82) is 0 Å². The van der Waals surface area contributed by atoms with E-state index in [1.165, 1.54) is 5.69 Å². The molecule has 2 heterocycles. The van der Waals surface area contributed by atoms with Crippen molar-refractivity contribution in [2.45, 2.75) is 57.5 Å². The fourth-order valence-corrected chi connectivity index (χ4v) is 3.20. The van der Waals surface area contributed by atoms with Crippen LogP contribution in [-0.2, 0) is 13.5 Å². The smallest absolute Gasteiger partial charge is 0.317 e. The molecule has 0 spiro atoms. The summed E-state index contributed by atoms with van der Waals surface area (Å²) in [6.45, 7) is 3.02. The highest BCUT2D eigenvalue weighted by Crippen LogP contribution is 2.19. The van der Waals surface area contributed by atoms with Crippen molar-refractivity contribution in [2.75, 3.05) is 13.2 Å². The van der Waals surface area contributed by atoms with Gasteiger partial charge in [-0.25, -0.2) is 4.79 Å². The van der Waals surface area contributed by atoms with E-state index in [4.69, 9.17) is 5.11 Å². The molecule has 0 aliphatic carbocycles. The third-order valence-corrected chi connectivity index (χ3v) is 4.61. The highest BCUT2D eigenvalue weighted by Gasteiger charge is 2.26. The fraction of sp³-hybridized carbons (Fsp3) is 0.706. The van der Waals surface area contributed by atoms with Gasteiger partial charge in [0, 0.05) is 44.2 Å². The summed E-state index contributed by atoms with van der Waals surface area (Å²) in [5.74, 6) is 0. The molecule has 1 aromatic rings. The lowest BCUT2D eigenvalue weighted by Gasteiger charge is -2.36. The number of nitrogens with zero attached hydrogens (tertiary/aromatic N) is 2. The molecule has 1 aromatic heterocycles. The highest BCUT2D eigenvalue weighted by atomic mass is 16.3. The molecule has 1 aliphatic rings. The molecule has 124 valence electrons. The lowest BCUT2D eigenvalue weighted by atomic mass is 10.00. The fourth-order valence-electron chi connectivity index (χ4n) is 3.20. The quantitative estimate of drug-likeness (QED) is 0.847. The van der Waals surface area contributed by atoms with Crippen molar-refractivity contribution in [3.05, 3.63) is 24.0 Å². The third-order valence-electron chi connectivity index (χ3n) is 4.61. The molecule has 5 nitrogen and oxygen atoms in total. The van der Waals surface area contributed by atoms with Gasteiger partial charge in [0.05, 0.1) is 0 Å². The number of carbonyl (C=O) groups is 1. The number of aliphatic hydroxyl groups is 1. The summed E-state index contributed by atoms with van der Waals surface area (Å²) >= 11 is 0. The summed E-state index contributed by atoms with van der Waals surface area (Å²) in [5.41, 5.74) is 1.29. The molecule has 2 unspecified atom stereocenters. The number of hydrogen-bond donors (Lipinski definition) is 2. The Labute approximate surface area is 133 Å². The predicted octanol–water partition coefficient (Wildman–Crippen LogP) is 2.29. The van der Waals surface area contributed by atoms with Gasteiger partial charge in [-0.2, -0.15) is 0 Å². The minimum absolute atomic E-state index is 0.0255. The third kappa shape index (κ3) is 4.50. The van der Waals surface area contributed by atoms with Crippen molar-refractivity contribution in [2.24, 2.45) is 7.05 Å². The molecule has 2 N–H and O–H groups in total. The van der Waals surface area contributed by atoms with Gasteiger partial charge in [0.25, 0.3) is 0 Å². The van der Waals surface area contributed by atoms with Crippen LogP contribution in [0.4, 0.5) is 4.79 Å². The average molecular weight is 307 g/mol. The molecule has 2 amide bonds. The van der Waals surface area contributed by atoms with Crippen LogP contribution in [0.3, 0.4) is 0 Å². The van der Waals surface area contributed by atoms with Gasteiger partial charge in [0.15, 0.2) is 0 Å². The largest absolute Gasteiger partial charge is 0.396 e. The summed E-state index contributed by atoms with van der Waals surface area (Å²) in [5, 5.41) is 12.3. The normalized spacial score (nSPS) is 20.0. The number of likely N-dealkylation sites (tertiary alicyclic amines) is 1. The Morgan fingerprint density at radius 3 is 3.00 bits per heavy atom. The summed E-state index contributed by atoms with van der Waals surface area (Å²) < 4.78 is 2.12. The van der Waals surface area contributed by atoms with E-state index in [1.807, 2.05) is 24.2 Å². The van der Waals surface area contributed by atoms with E-state index in [0.29, 0.717) is 6.42 Å². The van der Waals surface area contributed by atoms with Crippen LogP contribution in [0.15, 0.2) is 18.3 Å². The van der Waals surface area contributed by atoms with Gasteiger partial charge in [0.2, 0.25) is 0 Å². The first-order chi connectivity index (χ1) is 10.6. The Morgan fingerprint density at radius 1 is 1.50 bits per heavy atom. The van der Waals surface area contributed by atoms with Gasteiger partial charge >= 0.3 is 6.03 Å². The SMILES string of the molecule is CC(CCc1cccn1C)NC(=O)N1CCCCC1CCO. The highest BCUT2D eigenvalue weighted by molar-refractivity contribution is 5.75. The molecule has 0 bridgehead atoms. The molecule has 22 heavy (non-hydrogen) atoms. The zero-order chi connectivity index (χ0) is 15.9. The van der Waals surface area contributed by atoms with Crippen LogP contribution in [-0.4, -0.2) is 45.8 Å². The molecule has 0 saturated carbocycles. The number of urea groups is 1. The molecular formula is C17H29N3O2. The molecule has 0 aromatic carbocycles. The lowest BCUT2D eigenvalue weighted by Crippen LogP contribution is -2.51. The Morgan fingerprint density at radius 2 is 2.32 bits per heavy atom. The maximum Gasteiger partial charge on any atom is 0.317 e. The van der Waals surface area contributed by atoms with Crippen LogP contribution in [0.5, 0.6) is 0 Å². The summed E-state index contributed by atoms with van der Waals surface area (Å²) in [7, 11) is 2.05. The Kier molecular flexibility index (Phi) is 6.31. The monoisotopic (exact) mass is 307 g/mol. The Bertz CT molecular complexity index is 470. The van der Waals surface area contributed by atoms with Crippen LogP contribution < -0.4 is 5.32 Å². The molecule has 1 fully saturated rings. The number of aliphatic hydroxyl groups excluding tert-OH is 1. The van der Waals surface area contributed by atoms with E-state index in [1.54, 1.807) is 0 Å². The first-order valence-corrected chi connectivity index (χ1v) is 8.40. The number of aromatic nitrogens is 1. The molecule has 5 heteroatoms. The first kappa shape index (κ1) is 16.9. The van der Waals surface area contributed by atoms with Crippen LogP contribution >= 0.6 is 0 Å². The predicted molar refractivity (Wildman–Crippen MR) is 87.8 cm³/mol. The van der Waals surface area contributed by atoms with E-state index >= 15 is 0 Å². The van der Waals surface area contributed by atoms with Crippen LogP contribution in [0.25, 0.3) is 0 Å². The zero-order valence-electron chi connectivity index (χ0n) is 13.8. The first-order valence-electron chi connectivity index (χ1n) is 8.40. The topological polar surface area (TPSA) is 57.5 Å². The summed E-state index contributed by atoms with van der Waals surface area (Å²) in [6, 6.07) is 4.54. The van der Waals surface area contributed by atoms with Crippen LogP contribution in [0.2, 0.25) is 0 Å². The molecule has 0 radical (unpaired) electrons. The molecule has 1 aliphatic heterocycles. The van der Waals surface area contributed by atoms with Crippen LogP contribution in [0.1, 0.15) is 44.7 Å². The summed E-state index contributed by atoms with van der Waals surface area (Å²) in [6.07, 6.45) is 7.85. The molecule has 2 rings (SSSR count). The average Bonchev–Trinajstić information content (AvgIpc) is 2.91. The second-order valence-corrected chi connectivity index (χ2v) is 6.35. The minimum atomic E-state index is 0.0255. The number of nitrogens with one attached hydrogen (secondary N) is 1. The Hall–Kier alpha value is -1.49. The number of hydrogen-bond acceptors (Lipinski definition) is 2. The van der Waals surface area contributed by atoms with Gasteiger partial charge < -0.3 is 19.9 Å². The zero-order valence-corrected chi connectivity index (χ0v) is 13.8. The van der Waals surface area contributed by atoms with Gasteiger partial charge in [-0.3, -0.25) is 0 Å². The maximum absolute atomic E-state index is 12.4. The maximum atomic E-state index is 12.4. The molecule has 2 atom stereocenters. The van der Waals surface area contributed by atoms with Gasteiger partial charge in [0.1, 0.15) is 0 Å². The molecule has 1 saturated heterocycles. The van der Waals surface area contributed by atoms with E-state index in [2.05, 4.69) is 22.9 Å². The van der Waals surface area contributed by atoms with Crippen molar-refractivity contribution in [3.63, 3.8) is 0 Å². The van der Waals surface area contributed by atoms with Gasteiger partial charge in [-0.15, -0.1) is 0 Å². The van der Waals surface area contributed by atoms with E-state index in [-0.39, 0.29) is 24.7 Å². The number of aryl methyl sites for hydroxylation is 2. The second-order valence-electron chi connectivity index (χ2n) is 6.35. The van der Waals surface area contributed by atoms with Crippen molar-refractivity contribution in [1.82, 2.24) is 14.8 Å². The van der Waals surface area contributed by atoms with Gasteiger partial charge in [-0.05, 0) is 57.6 Å². The second kappa shape index (κ2) is 8.22. The van der Waals surface area contributed by atoms with Crippen molar-refractivity contribution >= 4 is 6.03 Å². The molecular weight excluding hydrogens is 278 g/mol. The standard InChI is InChI=1S/C17H29N3O2/c1-14(8-9-15-7-5-11-19(15)2)18-17(22)20-12-4-3-6-16(20)10-13-21/h5,7,11,14,16,21H,3-4,6,8-10,12-13H2,1-2H3,(H,18,22). The lowest BCUT2D eigenvalue weighted by molar-refractivity contribution is 0.129. The van der Waals surface area contributed by atoms with Gasteiger partial charge in [-0.1, -0.05) is 0 Å². The van der Waals surface area contributed by atoms with Crippen molar-refractivity contribution < 1.29 is 9.90 Å². The number of piperidine rings is 1. The van der Waals surface area contributed by atoms with Crippen molar-refractivity contribution in [3.8, 4) is 0 Å². The van der Waals surface area contributed by atoms with E-state index < -0.39 is 0 Å².